The molecular formula is C16H11BrN4. The molecule has 0 aliphatic rings. The molecule has 4 nitrogen and oxygen atoms in total. The second kappa shape index (κ2) is 4.56. The van der Waals surface area contributed by atoms with E-state index in [1.807, 2.05) is 59.1 Å². The lowest BCUT2D eigenvalue weighted by molar-refractivity contribution is 1.21. The highest BCUT2D eigenvalue weighted by molar-refractivity contribution is 9.10. The van der Waals surface area contributed by atoms with E-state index in [9.17, 15) is 0 Å². The van der Waals surface area contributed by atoms with Crippen LogP contribution >= 0.6 is 15.9 Å². The Bertz CT molecular complexity index is 957. The second-order valence-electron chi connectivity index (χ2n) is 4.81. The maximum absolute atomic E-state index is 6.04. The Labute approximate surface area is 129 Å². The van der Waals surface area contributed by atoms with Crippen molar-refractivity contribution < 1.29 is 0 Å². The monoisotopic (exact) mass is 338 g/mol. The normalized spacial score (nSPS) is 11.3. The van der Waals surface area contributed by atoms with Gasteiger partial charge in [-0.25, -0.2) is 9.97 Å². The Morgan fingerprint density at radius 1 is 0.952 bits per heavy atom. The molecule has 0 aliphatic carbocycles. The number of anilines is 1. The minimum Gasteiger partial charge on any atom is -0.381 e. The number of hydrogen-bond donors (Lipinski definition) is 1. The summed E-state index contributed by atoms with van der Waals surface area (Å²) < 4.78 is 3.04. The number of nitrogens with two attached hydrogens (primary N) is 1. The van der Waals surface area contributed by atoms with Crippen molar-refractivity contribution in [2.45, 2.75) is 0 Å². The topological polar surface area (TPSA) is 56.2 Å². The van der Waals surface area contributed by atoms with Crippen molar-refractivity contribution in [1.29, 1.82) is 0 Å². The van der Waals surface area contributed by atoms with Crippen molar-refractivity contribution in [2.24, 2.45) is 0 Å². The van der Waals surface area contributed by atoms with Gasteiger partial charge in [0.25, 0.3) is 0 Å². The van der Waals surface area contributed by atoms with Crippen LogP contribution in [0.25, 0.3) is 27.9 Å². The summed E-state index contributed by atoms with van der Waals surface area (Å²) in [5, 5.41) is 0. The van der Waals surface area contributed by atoms with Crippen molar-refractivity contribution >= 4 is 38.4 Å². The van der Waals surface area contributed by atoms with E-state index in [0.29, 0.717) is 11.5 Å². The molecule has 5 heteroatoms. The molecule has 4 rings (SSSR count). The summed E-state index contributed by atoms with van der Waals surface area (Å²) in [4.78, 5) is 9.03. The number of nitrogen functional groups attached to an aromatic ring is 1. The number of aromatic nitrogens is 3. The van der Waals surface area contributed by atoms with Crippen LogP contribution in [0.2, 0.25) is 0 Å². The Morgan fingerprint density at radius 3 is 2.52 bits per heavy atom. The summed E-state index contributed by atoms with van der Waals surface area (Å²) in [6, 6.07) is 16.0. The van der Waals surface area contributed by atoms with E-state index in [0.717, 1.165) is 26.8 Å². The van der Waals surface area contributed by atoms with Gasteiger partial charge in [-0.3, -0.25) is 4.40 Å². The molecule has 4 aromatic rings. The Kier molecular flexibility index (Phi) is 2.68. The van der Waals surface area contributed by atoms with Gasteiger partial charge in [0.1, 0.15) is 0 Å². The highest BCUT2D eigenvalue weighted by atomic mass is 79.9. The van der Waals surface area contributed by atoms with Crippen molar-refractivity contribution in [3.8, 4) is 11.3 Å². The number of nitrogens with zero attached hydrogens (tertiary/aromatic N) is 3. The van der Waals surface area contributed by atoms with E-state index in [1.54, 1.807) is 0 Å². The first-order valence-corrected chi connectivity index (χ1v) is 7.31. The molecule has 2 aromatic carbocycles. The van der Waals surface area contributed by atoms with E-state index >= 15 is 0 Å². The summed E-state index contributed by atoms with van der Waals surface area (Å²) in [5.74, 6) is 0.442. The van der Waals surface area contributed by atoms with Crippen LogP contribution in [0.4, 0.5) is 5.82 Å². The molecule has 0 saturated heterocycles. The van der Waals surface area contributed by atoms with E-state index in [4.69, 9.17) is 5.73 Å². The molecule has 0 radical (unpaired) electrons. The van der Waals surface area contributed by atoms with Gasteiger partial charge in [0.15, 0.2) is 11.5 Å². The van der Waals surface area contributed by atoms with Crippen LogP contribution in [0.3, 0.4) is 0 Å². The standard InChI is InChI=1S/C16H11BrN4/c17-11-7-5-10(6-8-11)13-9-21-14-4-2-1-3-12(14)19-15(18)16(21)20-13/h1-9H,(H2,18,19). The fourth-order valence-electron chi connectivity index (χ4n) is 2.45. The number of fused-ring (bicyclic) bond motifs is 3. The molecule has 0 fully saturated rings. The minimum absolute atomic E-state index is 0.442. The van der Waals surface area contributed by atoms with Gasteiger partial charge >= 0.3 is 0 Å². The van der Waals surface area contributed by atoms with E-state index in [-0.39, 0.29) is 0 Å². The van der Waals surface area contributed by atoms with Crippen LogP contribution in [0, 0.1) is 0 Å². The molecule has 0 saturated carbocycles. The van der Waals surface area contributed by atoms with E-state index in [2.05, 4.69) is 25.9 Å². The van der Waals surface area contributed by atoms with Crippen molar-refractivity contribution in [2.75, 3.05) is 5.73 Å². The van der Waals surface area contributed by atoms with Gasteiger partial charge in [0.05, 0.1) is 16.7 Å². The molecule has 2 N–H and O–H groups in total. The number of benzene rings is 2. The maximum Gasteiger partial charge on any atom is 0.180 e. The van der Waals surface area contributed by atoms with Gasteiger partial charge < -0.3 is 5.73 Å². The third-order valence-electron chi connectivity index (χ3n) is 3.46. The van der Waals surface area contributed by atoms with E-state index in [1.165, 1.54) is 0 Å². The molecule has 0 atom stereocenters. The van der Waals surface area contributed by atoms with Crippen LogP contribution in [0.15, 0.2) is 59.2 Å². The highest BCUT2D eigenvalue weighted by Crippen LogP contribution is 2.25. The van der Waals surface area contributed by atoms with E-state index < -0.39 is 0 Å². The first-order valence-electron chi connectivity index (χ1n) is 6.51. The highest BCUT2D eigenvalue weighted by Gasteiger charge is 2.10. The number of para-hydroxylation sites is 2. The second-order valence-corrected chi connectivity index (χ2v) is 5.73. The van der Waals surface area contributed by atoms with Gasteiger partial charge in [-0.05, 0) is 24.3 Å². The van der Waals surface area contributed by atoms with Crippen LogP contribution in [0.1, 0.15) is 0 Å². The Balaban J connectivity index is 2.03. The summed E-state index contributed by atoms with van der Waals surface area (Å²) in [5.41, 5.74) is 10.5. The predicted octanol–water partition coefficient (Wildman–Crippen LogP) is 3.89. The Hall–Kier alpha value is -2.40. The summed E-state index contributed by atoms with van der Waals surface area (Å²) in [7, 11) is 0. The van der Waals surface area contributed by atoms with Gasteiger partial charge in [-0.15, -0.1) is 0 Å². The van der Waals surface area contributed by atoms with Gasteiger partial charge in [-0.1, -0.05) is 40.2 Å². The van der Waals surface area contributed by atoms with Crippen LogP contribution in [0.5, 0.6) is 0 Å². The first kappa shape index (κ1) is 12.3. The van der Waals surface area contributed by atoms with Crippen LogP contribution < -0.4 is 5.73 Å². The molecular weight excluding hydrogens is 328 g/mol. The van der Waals surface area contributed by atoms with Gasteiger partial charge in [-0.2, -0.15) is 0 Å². The lowest BCUT2D eigenvalue weighted by atomic mass is 10.2. The SMILES string of the molecule is Nc1nc2ccccc2n2cc(-c3ccc(Br)cc3)nc12. The summed E-state index contributed by atoms with van der Waals surface area (Å²) >= 11 is 3.44. The molecule has 102 valence electrons. The molecule has 2 heterocycles. The molecule has 0 spiro atoms. The van der Waals surface area contributed by atoms with Crippen LogP contribution in [-0.2, 0) is 0 Å². The fourth-order valence-corrected chi connectivity index (χ4v) is 2.71. The molecule has 0 amide bonds. The average Bonchev–Trinajstić information content (AvgIpc) is 2.94. The Morgan fingerprint density at radius 2 is 1.71 bits per heavy atom. The predicted molar refractivity (Wildman–Crippen MR) is 88.0 cm³/mol. The van der Waals surface area contributed by atoms with Crippen molar-refractivity contribution in [3.05, 3.63) is 59.2 Å². The van der Waals surface area contributed by atoms with Gasteiger partial charge in [0, 0.05) is 16.2 Å². The zero-order valence-electron chi connectivity index (χ0n) is 11.0. The van der Waals surface area contributed by atoms with Crippen molar-refractivity contribution in [1.82, 2.24) is 14.4 Å². The number of imidazole rings is 1. The molecule has 21 heavy (non-hydrogen) atoms. The third-order valence-corrected chi connectivity index (χ3v) is 3.99. The third kappa shape index (κ3) is 1.97. The smallest absolute Gasteiger partial charge is 0.180 e. The molecule has 2 aromatic heterocycles. The molecule has 0 unspecified atom stereocenters. The molecule has 0 bridgehead atoms. The molecule has 0 aliphatic heterocycles. The zero-order valence-corrected chi connectivity index (χ0v) is 12.6. The average molecular weight is 339 g/mol. The first-order chi connectivity index (χ1) is 10.2. The number of halogens is 1. The lowest BCUT2D eigenvalue weighted by Crippen LogP contribution is -1.97. The zero-order chi connectivity index (χ0) is 14.4. The minimum atomic E-state index is 0.442. The van der Waals surface area contributed by atoms with Gasteiger partial charge in [0.2, 0.25) is 0 Å². The lowest BCUT2D eigenvalue weighted by Gasteiger charge is -2.02. The summed E-state index contributed by atoms with van der Waals surface area (Å²) in [6.07, 6.45) is 2.00. The number of rotatable bonds is 1. The quantitative estimate of drug-likeness (QED) is 0.572. The van der Waals surface area contributed by atoms with Crippen molar-refractivity contribution in [3.63, 3.8) is 0 Å². The number of hydrogen-bond acceptors (Lipinski definition) is 3. The largest absolute Gasteiger partial charge is 0.381 e. The maximum atomic E-state index is 6.04. The summed E-state index contributed by atoms with van der Waals surface area (Å²) in [6.45, 7) is 0. The van der Waals surface area contributed by atoms with Crippen LogP contribution in [-0.4, -0.2) is 14.4 Å². The fraction of sp³-hybridized carbons (Fsp3) is 0.